The molecule has 116 valence electrons. The Bertz CT molecular complexity index is 419. The Kier molecular flexibility index (Phi) is 15.9. The van der Waals surface area contributed by atoms with Crippen molar-refractivity contribution >= 4 is 20.2 Å². The Morgan fingerprint density at radius 3 is 1.14 bits per heavy atom. The van der Waals surface area contributed by atoms with Gasteiger partial charge < -0.3 is 14.6 Å². The fourth-order valence-corrected chi connectivity index (χ4v) is 2.68. The molecule has 9 nitrogen and oxygen atoms in total. The molecule has 0 spiro atoms. The zero-order chi connectivity index (χ0) is 13.8. The summed E-state index contributed by atoms with van der Waals surface area (Å²) in [5, 5.41) is 0. The molecule has 0 aromatic rings. The molecule has 0 atom stereocenters. The third kappa shape index (κ3) is 15.0. The van der Waals surface area contributed by atoms with Gasteiger partial charge in [-0.15, -0.1) is 0 Å². The van der Waals surface area contributed by atoms with Crippen molar-refractivity contribution in [2.24, 2.45) is 0 Å². The minimum absolute atomic E-state index is 0. The molecular weight excluding hydrogens is 346 g/mol. The van der Waals surface area contributed by atoms with Gasteiger partial charge in [0.2, 0.25) is 0 Å². The van der Waals surface area contributed by atoms with Crippen LogP contribution in [0.15, 0.2) is 0 Å². The van der Waals surface area contributed by atoms with E-state index in [1.165, 1.54) is 0 Å². The predicted molar refractivity (Wildman–Crippen MR) is 65.6 cm³/mol. The van der Waals surface area contributed by atoms with E-state index >= 15 is 0 Å². The second-order valence-corrected chi connectivity index (χ2v) is 7.25. The molecule has 1 fully saturated rings. The summed E-state index contributed by atoms with van der Waals surface area (Å²) in [5.74, 6) is -0.829. The molecule has 1 aliphatic heterocycles. The van der Waals surface area contributed by atoms with Gasteiger partial charge in [0.15, 0.2) is 0 Å². The van der Waals surface area contributed by atoms with E-state index in [2.05, 4.69) is 0 Å². The number of nitrogens with zero attached hydrogens (tertiary/aromatic N) is 2. The maximum Gasteiger partial charge on any atom is 1.00 e. The van der Waals surface area contributed by atoms with Crippen LogP contribution >= 0.6 is 0 Å². The molecule has 1 rings (SSSR count). The summed E-state index contributed by atoms with van der Waals surface area (Å²) in [4.78, 5) is 3.66. The Hall–Kier alpha value is 1.70. The van der Waals surface area contributed by atoms with Gasteiger partial charge in [-0.05, 0) is 0 Å². The van der Waals surface area contributed by atoms with Crippen molar-refractivity contribution in [1.82, 2.24) is 9.80 Å². The molecule has 0 bridgehead atoms. The fraction of sp³-hybridized carbons (Fsp3) is 1.00. The molecule has 0 amide bonds. The molecule has 0 aromatic heterocycles. The molecule has 21 heavy (non-hydrogen) atoms. The van der Waals surface area contributed by atoms with Gasteiger partial charge in [-0.3, -0.25) is 9.80 Å². The quantitative estimate of drug-likeness (QED) is 0.333. The zero-order valence-corrected chi connectivity index (χ0v) is 18.0. The number of rotatable bonds is 6. The standard InChI is InChI=1S/C8H18N2O6S2.2Na.H2O/c11-17(12,13)7-5-9-1-2-10(4-3-9)6-8-18(14,15)16;;;/h1-8H2,(H,11,12,13)(H,14,15,16);;;1H2/q;2*+1;/p-2. The smallest absolute Gasteiger partial charge is 0.748 e. The van der Waals surface area contributed by atoms with Crippen LogP contribution in [0.4, 0.5) is 0 Å². The molecule has 0 saturated carbocycles. The third-order valence-electron chi connectivity index (χ3n) is 2.78. The molecule has 1 heterocycles. The first-order valence-electron chi connectivity index (χ1n) is 5.47. The van der Waals surface area contributed by atoms with Crippen molar-refractivity contribution in [3.05, 3.63) is 0 Å². The van der Waals surface area contributed by atoms with Crippen LogP contribution in [-0.4, -0.2) is 92.0 Å². The molecular formula is C8H18N2Na2O7S2. The summed E-state index contributed by atoms with van der Waals surface area (Å²) in [6.45, 7) is 2.64. The number of piperazine rings is 1. The van der Waals surface area contributed by atoms with Gasteiger partial charge in [-0.2, -0.15) is 0 Å². The van der Waals surface area contributed by atoms with Crippen LogP contribution in [0, 0.1) is 0 Å². The molecule has 0 aromatic carbocycles. The van der Waals surface area contributed by atoms with Crippen LogP contribution in [0.3, 0.4) is 0 Å². The first-order valence-corrected chi connectivity index (χ1v) is 8.63. The summed E-state index contributed by atoms with van der Waals surface area (Å²) >= 11 is 0. The largest absolute Gasteiger partial charge is 1.00 e. The van der Waals surface area contributed by atoms with Gasteiger partial charge in [-0.25, -0.2) is 16.8 Å². The summed E-state index contributed by atoms with van der Waals surface area (Å²) in [6.07, 6.45) is 0. The van der Waals surface area contributed by atoms with Crippen LogP contribution in [0.1, 0.15) is 0 Å². The van der Waals surface area contributed by atoms with Crippen LogP contribution in [0.25, 0.3) is 0 Å². The van der Waals surface area contributed by atoms with E-state index in [0.29, 0.717) is 26.2 Å². The van der Waals surface area contributed by atoms with E-state index in [1.807, 2.05) is 9.80 Å². The molecule has 0 aliphatic carbocycles. The maximum absolute atomic E-state index is 10.5. The van der Waals surface area contributed by atoms with Crippen LogP contribution in [0.5, 0.6) is 0 Å². The Morgan fingerprint density at radius 2 is 0.952 bits per heavy atom. The van der Waals surface area contributed by atoms with Gasteiger partial charge in [-0.1, -0.05) is 0 Å². The van der Waals surface area contributed by atoms with E-state index in [9.17, 15) is 25.9 Å². The molecule has 0 radical (unpaired) electrons. The SMILES string of the molecule is O.O=S(=O)([O-])CCN1CCN(CCS(=O)(=O)[O-])CC1.[Na+].[Na+]. The second kappa shape index (κ2) is 12.1. The van der Waals surface area contributed by atoms with Crippen LogP contribution in [0.2, 0.25) is 0 Å². The first kappa shape index (κ1) is 27.5. The van der Waals surface area contributed by atoms with Crippen molar-refractivity contribution in [3.8, 4) is 0 Å². The summed E-state index contributed by atoms with van der Waals surface area (Å²) in [7, 11) is -8.39. The van der Waals surface area contributed by atoms with E-state index in [4.69, 9.17) is 0 Å². The Balaban J connectivity index is -0.00000108. The number of hydrogen-bond donors (Lipinski definition) is 0. The van der Waals surface area contributed by atoms with E-state index in [1.54, 1.807) is 0 Å². The number of hydrogen-bond acceptors (Lipinski definition) is 8. The third-order valence-corrected chi connectivity index (χ3v) is 4.15. The van der Waals surface area contributed by atoms with Crippen molar-refractivity contribution in [2.45, 2.75) is 0 Å². The van der Waals surface area contributed by atoms with Gasteiger partial charge in [0, 0.05) is 39.3 Å². The van der Waals surface area contributed by atoms with Gasteiger partial charge in [0.1, 0.15) is 0 Å². The average molecular weight is 364 g/mol. The Morgan fingerprint density at radius 1 is 0.714 bits per heavy atom. The predicted octanol–water partition coefficient (Wildman–Crippen LogP) is -9.12. The first-order chi connectivity index (χ1) is 8.16. The van der Waals surface area contributed by atoms with E-state index in [0.717, 1.165) is 0 Å². The maximum atomic E-state index is 10.5. The minimum Gasteiger partial charge on any atom is -0.748 e. The molecule has 0 unspecified atom stereocenters. The van der Waals surface area contributed by atoms with Crippen LogP contribution < -0.4 is 59.1 Å². The van der Waals surface area contributed by atoms with E-state index in [-0.39, 0.29) is 77.7 Å². The van der Waals surface area contributed by atoms with E-state index < -0.39 is 31.7 Å². The molecule has 13 heteroatoms. The minimum atomic E-state index is -4.19. The molecule has 2 N–H and O–H groups in total. The van der Waals surface area contributed by atoms with Crippen LogP contribution in [-0.2, 0) is 20.2 Å². The monoisotopic (exact) mass is 364 g/mol. The zero-order valence-electron chi connectivity index (χ0n) is 12.3. The second-order valence-electron chi connectivity index (χ2n) is 4.21. The Labute approximate surface area is 169 Å². The summed E-state index contributed by atoms with van der Waals surface area (Å²) in [5.41, 5.74) is 0. The summed E-state index contributed by atoms with van der Waals surface area (Å²) in [6, 6.07) is 0. The molecule has 1 aliphatic rings. The molecule has 1 saturated heterocycles. The summed E-state index contributed by atoms with van der Waals surface area (Å²) < 4.78 is 62.7. The normalized spacial score (nSPS) is 17.2. The van der Waals surface area contributed by atoms with Gasteiger partial charge >= 0.3 is 59.1 Å². The fourth-order valence-electron chi connectivity index (χ4n) is 1.72. The van der Waals surface area contributed by atoms with Crippen molar-refractivity contribution < 1.29 is 90.5 Å². The average Bonchev–Trinajstić information content (AvgIpc) is 2.23. The van der Waals surface area contributed by atoms with Crippen molar-refractivity contribution in [3.63, 3.8) is 0 Å². The topological polar surface area (TPSA) is 152 Å². The van der Waals surface area contributed by atoms with Gasteiger partial charge in [0.05, 0.1) is 31.7 Å². The van der Waals surface area contributed by atoms with Crippen molar-refractivity contribution in [2.75, 3.05) is 50.8 Å². The van der Waals surface area contributed by atoms with Crippen molar-refractivity contribution in [1.29, 1.82) is 0 Å². The van der Waals surface area contributed by atoms with Gasteiger partial charge in [0.25, 0.3) is 0 Å².